The maximum atomic E-state index is 12.6. The summed E-state index contributed by atoms with van der Waals surface area (Å²) in [5.41, 5.74) is 0.381. The highest BCUT2D eigenvalue weighted by molar-refractivity contribution is 6.29. The van der Waals surface area contributed by atoms with E-state index in [4.69, 9.17) is 0 Å². The van der Waals surface area contributed by atoms with Crippen LogP contribution in [0, 0.1) is 0 Å². The van der Waals surface area contributed by atoms with Crippen molar-refractivity contribution >= 4 is 12.0 Å². The fourth-order valence-corrected chi connectivity index (χ4v) is 2.01. The molecular weight excluding hydrogens is 257 g/mol. The average molecular weight is 270 g/mol. The molecule has 102 valence electrons. The number of rotatable bonds is 3. The van der Waals surface area contributed by atoms with Crippen molar-refractivity contribution in [1.82, 2.24) is 4.90 Å². The van der Waals surface area contributed by atoms with E-state index in [0.717, 1.165) is 12.1 Å². The Morgan fingerprint density at radius 3 is 2.84 bits per heavy atom. The van der Waals surface area contributed by atoms with E-state index in [1.165, 1.54) is 6.07 Å². The lowest BCUT2D eigenvalue weighted by Gasteiger charge is -2.24. The molecule has 0 N–H and O–H groups in total. The van der Waals surface area contributed by atoms with Crippen LogP contribution < -0.4 is 0 Å². The van der Waals surface area contributed by atoms with Gasteiger partial charge in [0.05, 0.1) is 17.8 Å². The molecule has 0 aliphatic carbocycles. The van der Waals surface area contributed by atoms with Gasteiger partial charge in [0, 0.05) is 19.6 Å². The molecule has 0 bridgehead atoms. The standard InChI is InChI=1S/C13H13F3N2O/c14-13(15,16)11-3-1-2-10(6-11)7-18-5-4-17-12(8-18)9-19/h1-3,6,9H,4-5,7-8H2. The summed E-state index contributed by atoms with van der Waals surface area (Å²) in [6, 6.07) is 5.25. The number of nitrogens with zero attached hydrogens (tertiary/aromatic N) is 2. The fraction of sp³-hybridized carbons (Fsp3) is 0.385. The van der Waals surface area contributed by atoms with Gasteiger partial charge in [-0.2, -0.15) is 13.2 Å². The Morgan fingerprint density at radius 2 is 2.16 bits per heavy atom. The van der Waals surface area contributed by atoms with Gasteiger partial charge in [-0.3, -0.25) is 14.7 Å². The Balaban J connectivity index is 2.08. The first kappa shape index (κ1) is 13.7. The van der Waals surface area contributed by atoms with Crippen LogP contribution in [-0.2, 0) is 17.5 Å². The number of benzene rings is 1. The molecule has 0 fully saturated rings. The molecule has 1 aromatic carbocycles. The maximum absolute atomic E-state index is 12.6. The van der Waals surface area contributed by atoms with Gasteiger partial charge >= 0.3 is 6.18 Å². The van der Waals surface area contributed by atoms with Crippen LogP contribution in [0.2, 0.25) is 0 Å². The van der Waals surface area contributed by atoms with E-state index < -0.39 is 11.7 Å². The second kappa shape index (κ2) is 5.52. The molecule has 0 saturated heterocycles. The zero-order chi connectivity index (χ0) is 13.9. The Hall–Kier alpha value is -1.69. The fourth-order valence-electron chi connectivity index (χ4n) is 2.01. The minimum Gasteiger partial charge on any atom is -0.296 e. The van der Waals surface area contributed by atoms with Crippen molar-refractivity contribution in [2.24, 2.45) is 4.99 Å². The first-order valence-electron chi connectivity index (χ1n) is 5.86. The quantitative estimate of drug-likeness (QED) is 0.788. The summed E-state index contributed by atoms with van der Waals surface area (Å²) in [7, 11) is 0. The summed E-state index contributed by atoms with van der Waals surface area (Å²) in [4.78, 5) is 16.6. The summed E-state index contributed by atoms with van der Waals surface area (Å²) in [5.74, 6) is 0. The second-order valence-electron chi connectivity index (χ2n) is 4.40. The van der Waals surface area contributed by atoms with Crippen LogP contribution in [0.5, 0.6) is 0 Å². The van der Waals surface area contributed by atoms with Crippen LogP contribution in [0.3, 0.4) is 0 Å². The highest BCUT2D eigenvalue weighted by Crippen LogP contribution is 2.29. The Kier molecular flexibility index (Phi) is 3.99. The molecule has 6 heteroatoms. The van der Waals surface area contributed by atoms with Gasteiger partial charge in [0.2, 0.25) is 0 Å². The van der Waals surface area contributed by atoms with E-state index in [1.807, 2.05) is 4.90 Å². The molecule has 0 radical (unpaired) electrons. The summed E-state index contributed by atoms with van der Waals surface area (Å²) in [6.45, 7) is 1.93. The number of carbonyl (C=O) groups is 1. The van der Waals surface area contributed by atoms with Crippen molar-refractivity contribution in [3.8, 4) is 0 Å². The molecule has 3 nitrogen and oxygen atoms in total. The Morgan fingerprint density at radius 1 is 1.37 bits per heavy atom. The molecule has 0 atom stereocenters. The zero-order valence-electron chi connectivity index (χ0n) is 10.2. The van der Waals surface area contributed by atoms with E-state index in [2.05, 4.69) is 4.99 Å². The van der Waals surface area contributed by atoms with Crippen molar-refractivity contribution in [2.45, 2.75) is 12.7 Å². The minimum absolute atomic E-state index is 0.386. The van der Waals surface area contributed by atoms with Crippen LogP contribution in [0.15, 0.2) is 29.3 Å². The molecule has 0 spiro atoms. The normalized spacial score (nSPS) is 17.1. The van der Waals surface area contributed by atoms with Gasteiger partial charge in [-0.25, -0.2) is 0 Å². The molecule has 2 rings (SSSR count). The molecule has 0 amide bonds. The van der Waals surface area contributed by atoms with Gasteiger partial charge in [-0.1, -0.05) is 18.2 Å². The summed E-state index contributed by atoms with van der Waals surface area (Å²) < 4.78 is 37.8. The lowest BCUT2D eigenvalue weighted by molar-refractivity contribution is -0.137. The number of hydrogen-bond acceptors (Lipinski definition) is 3. The Bertz CT molecular complexity index is 497. The smallest absolute Gasteiger partial charge is 0.296 e. The molecular formula is C13H13F3N2O. The predicted octanol–water partition coefficient (Wildman–Crippen LogP) is 2.16. The third-order valence-electron chi connectivity index (χ3n) is 2.91. The number of hydrogen-bond donors (Lipinski definition) is 0. The number of aldehydes is 1. The van der Waals surface area contributed by atoms with E-state index in [9.17, 15) is 18.0 Å². The molecule has 1 heterocycles. The van der Waals surface area contributed by atoms with Gasteiger partial charge in [0.25, 0.3) is 0 Å². The zero-order valence-corrected chi connectivity index (χ0v) is 10.2. The van der Waals surface area contributed by atoms with Crippen molar-refractivity contribution in [3.63, 3.8) is 0 Å². The highest BCUT2D eigenvalue weighted by Gasteiger charge is 2.30. The van der Waals surface area contributed by atoms with Gasteiger partial charge in [0.1, 0.15) is 0 Å². The van der Waals surface area contributed by atoms with Crippen LogP contribution in [-0.4, -0.2) is 36.5 Å². The number of alkyl halides is 3. The van der Waals surface area contributed by atoms with Crippen LogP contribution in [0.4, 0.5) is 13.2 Å². The molecule has 1 aliphatic rings. The van der Waals surface area contributed by atoms with Gasteiger partial charge in [-0.15, -0.1) is 0 Å². The summed E-state index contributed by atoms with van der Waals surface area (Å²) in [5, 5.41) is 0. The summed E-state index contributed by atoms with van der Waals surface area (Å²) in [6.07, 6.45) is -3.63. The lowest BCUT2D eigenvalue weighted by Crippen LogP contribution is -2.36. The molecule has 0 aromatic heterocycles. The van der Waals surface area contributed by atoms with E-state index in [1.54, 1.807) is 6.07 Å². The van der Waals surface area contributed by atoms with E-state index in [-0.39, 0.29) is 0 Å². The molecule has 0 unspecified atom stereocenters. The van der Waals surface area contributed by atoms with Crippen molar-refractivity contribution in [3.05, 3.63) is 35.4 Å². The molecule has 1 aromatic rings. The first-order chi connectivity index (χ1) is 8.99. The number of carbonyl (C=O) groups excluding carboxylic acids is 1. The maximum Gasteiger partial charge on any atom is 0.416 e. The lowest BCUT2D eigenvalue weighted by atomic mass is 10.1. The van der Waals surface area contributed by atoms with Crippen LogP contribution >= 0.6 is 0 Å². The number of aliphatic imine (C=N–C) groups is 1. The largest absolute Gasteiger partial charge is 0.416 e. The predicted molar refractivity (Wildman–Crippen MR) is 65.1 cm³/mol. The van der Waals surface area contributed by atoms with E-state index >= 15 is 0 Å². The minimum atomic E-state index is -4.33. The van der Waals surface area contributed by atoms with Crippen molar-refractivity contribution < 1.29 is 18.0 Å². The van der Waals surface area contributed by atoms with Crippen LogP contribution in [0.25, 0.3) is 0 Å². The van der Waals surface area contributed by atoms with E-state index in [0.29, 0.717) is 43.7 Å². The van der Waals surface area contributed by atoms with Gasteiger partial charge in [-0.05, 0) is 11.6 Å². The Labute approximate surface area is 108 Å². The third-order valence-corrected chi connectivity index (χ3v) is 2.91. The van der Waals surface area contributed by atoms with Crippen molar-refractivity contribution in [2.75, 3.05) is 19.6 Å². The summed E-state index contributed by atoms with van der Waals surface area (Å²) >= 11 is 0. The second-order valence-corrected chi connectivity index (χ2v) is 4.40. The van der Waals surface area contributed by atoms with Crippen LogP contribution in [0.1, 0.15) is 11.1 Å². The SMILES string of the molecule is O=CC1=NCCN(Cc2cccc(C(F)(F)F)c2)C1. The average Bonchev–Trinajstić information content (AvgIpc) is 2.38. The molecule has 1 aliphatic heterocycles. The third kappa shape index (κ3) is 3.64. The number of halogens is 3. The van der Waals surface area contributed by atoms with Gasteiger partial charge in [0.15, 0.2) is 6.29 Å². The molecule has 19 heavy (non-hydrogen) atoms. The van der Waals surface area contributed by atoms with Crippen molar-refractivity contribution in [1.29, 1.82) is 0 Å². The topological polar surface area (TPSA) is 32.7 Å². The monoisotopic (exact) mass is 270 g/mol. The highest BCUT2D eigenvalue weighted by atomic mass is 19.4. The molecule has 0 saturated carbocycles. The van der Waals surface area contributed by atoms with Gasteiger partial charge < -0.3 is 0 Å². The first-order valence-corrected chi connectivity index (χ1v) is 5.86.